The number of nitrogens with zero attached hydrogens (tertiary/aromatic N) is 2. The number of carbonyl (C=O) groups is 1. The van der Waals surface area contributed by atoms with Crippen molar-refractivity contribution >= 4 is 11.7 Å². The Balaban J connectivity index is 1.87. The molecule has 98 valence electrons. The Morgan fingerprint density at radius 1 is 1.56 bits per heavy atom. The van der Waals surface area contributed by atoms with E-state index in [9.17, 15) is 4.79 Å². The summed E-state index contributed by atoms with van der Waals surface area (Å²) >= 11 is 0. The van der Waals surface area contributed by atoms with Crippen molar-refractivity contribution in [3.63, 3.8) is 0 Å². The van der Waals surface area contributed by atoms with E-state index in [2.05, 4.69) is 20.9 Å². The summed E-state index contributed by atoms with van der Waals surface area (Å²) in [5, 5.41) is 10.4. The number of nitrogens with two attached hydrogens (primary N) is 1. The molecule has 7 heteroatoms. The van der Waals surface area contributed by atoms with Crippen LogP contribution in [-0.2, 0) is 4.74 Å². The van der Waals surface area contributed by atoms with Crippen molar-refractivity contribution in [1.82, 2.24) is 15.5 Å². The summed E-state index contributed by atoms with van der Waals surface area (Å²) < 4.78 is 5.43. The Morgan fingerprint density at radius 3 is 2.94 bits per heavy atom. The topological polar surface area (TPSA) is 102 Å². The second-order valence-corrected chi connectivity index (χ2v) is 4.28. The van der Waals surface area contributed by atoms with Gasteiger partial charge in [-0.15, -0.1) is 10.2 Å². The maximum absolute atomic E-state index is 11.8. The molecule has 1 aromatic heterocycles. The van der Waals surface area contributed by atoms with E-state index in [1.165, 1.54) is 0 Å². The molecule has 1 amide bonds. The normalized spacial score (nSPS) is 22.8. The largest absolute Gasteiger partial charge is 0.378 e. The molecule has 0 aromatic carbocycles. The molecule has 1 aliphatic heterocycles. The van der Waals surface area contributed by atoms with Crippen LogP contribution in [0.5, 0.6) is 0 Å². The molecule has 0 radical (unpaired) electrons. The summed E-state index contributed by atoms with van der Waals surface area (Å²) in [5.41, 5.74) is 2.63. The van der Waals surface area contributed by atoms with Gasteiger partial charge < -0.3 is 15.5 Å². The van der Waals surface area contributed by atoms with Crippen LogP contribution < -0.4 is 16.6 Å². The fraction of sp³-hybridized carbons (Fsp3) is 0.545. The highest BCUT2D eigenvalue weighted by Crippen LogP contribution is 2.19. The molecular formula is C11H17N5O2. The molecule has 0 aliphatic carbocycles. The van der Waals surface area contributed by atoms with Gasteiger partial charge in [0, 0.05) is 19.1 Å². The fourth-order valence-corrected chi connectivity index (χ4v) is 1.89. The lowest BCUT2D eigenvalue weighted by atomic mass is 10.0. The van der Waals surface area contributed by atoms with E-state index in [1.807, 2.05) is 6.92 Å². The zero-order valence-corrected chi connectivity index (χ0v) is 10.2. The van der Waals surface area contributed by atoms with E-state index in [1.54, 1.807) is 12.1 Å². The van der Waals surface area contributed by atoms with Crippen molar-refractivity contribution in [3.05, 3.63) is 17.8 Å². The van der Waals surface area contributed by atoms with Gasteiger partial charge in [-0.05, 0) is 25.5 Å². The Labute approximate surface area is 105 Å². The van der Waals surface area contributed by atoms with Crippen LogP contribution in [0.1, 0.15) is 23.8 Å². The van der Waals surface area contributed by atoms with Crippen LogP contribution in [0, 0.1) is 5.92 Å². The molecule has 2 heterocycles. The molecule has 1 aromatic rings. The quantitative estimate of drug-likeness (QED) is 0.511. The van der Waals surface area contributed by atoms with E-state index < -0.39 is 0 Å². The van der Waals surface area contributed by atoms with Gasteiger partial charge in [0.25, 0.3) is 5.91 Å². The standard InChI is InChI=1S/C11H17N5O2/c1-7-8(4-5-18-7)6-13-11(17)9-2-3-10(14-12)16-15-9/h2-3,7-8H,4-6,12H2,1H3,(H,13,17)(H,14,16). The van der Waals surface area contributed by atoms with E-state index in [-0.39, 0.29) is 17.7 Å². The van der Waals surface area contributed by atoms with Gasteiger partial charge in [0.1, 0.15) is 0 Å². The average molecular weight is 251 g/mol. The van der Waals surface area contributed by atoms with Crippen LogP contribution in [0.4, 0.5) is 5.82 Å². The van der Waals surface area contributed by atoms with Gasteiger partial charge in [0.15, 0.2) is 11.5 Å². The summed E-state index contributed by atoms with van der Waals surface area (Å²) in [6.45, 7) is 3.38. The first-order valence-electron chi connectivity index (χ1n) is 5.91. The molecule has 1 aliphatic rings. The Morgan fingerprint density at radius 2 is 2.39 bits per heavy atom. The third-order valence-corrected chi connectivity index (χ3v) is 3.10. The summed E-state index contributed by atoms with van der Waals surface area (Å²) in [6, 6.07) is 3.18. The number of hydrogen-bond donors (Lipinski definition) is 3. The monoisotopic (exact) mass is 251 g/mol. The predicted molar refractivity (Wildman–Crippen MR) is 65.7 cm³/mol. The lowest BCUT2D eigenvalue weighted by Gasteiger charge is -2.14. The van der Waals surface area contributed by atoms with Gasteiger partial charge >= 0.3 is 0 Å². The van der Waals surface area contributed by atoms with Gasteiger partial charge in [-0.25, -0.2) is 5.84 Å². The first-order valence-corrected chi connectivity index (χ1v) is 5.91. The number of hydrogen-bond acceptors (Lipinski definition) is 6. The van der Waals surface area contributed by atoms with Crippen molar-refractivity contribution in [2.24, 2.45) is 11.8 Å². The number of ether oxygens (including phenoxy) is 1. The molecule has 2 atom stereocenters. The molecule has 18 heavy (non-hydrogen) atoms. The molecule has 2 unspecified atom stereocenters. The highest BCUT2D eigenvalue weighted by atomic mass is 16.5. The van der Waals surface area contributed by atoms with Crippen LogP contribution in [0.3, 0.4) is 0 Å². The summed E-state index contributed by atoms with van der Waals surface area (Å²) in [7, 11) is 0. The Hall–Kier alpha value is -1.73. The third-order valence-electron chi connectivity index (χ3n) is 3.10. The zero-order valence-electron chi connectivity index (χ0n) is 10.2. The molecule has 0 bridgehead atoms. The van der Waals surface area contributed by atoms with E-state index in [0.29, 0.717) is 18.3 Å². The van der Waals surface area contributed by atoms with Crippen molar-refractivity contribution in [1.29, 1.82) is 0 Å². The first kappa shape index (κ1) is 12.7. The number of rotatable bonds is 4. The molecule has 0 saturated carbocycles. The molecule has 0 spiro atoms. The van der Waals surface area contributed by atoms with Gasteiger partial charge in [-0.3, -0.25) is 4.79 Å². The number of carbonyl (C=O) groups excluding carboxylic acids is 1. The van der Waals surface area contributed by atoms with Crippen molar-refractivity contribution in [3.8, 4) is 0 Å². The summed E-state index contributed by atoms with van der Waals surface area (Å²) in [5.74, 6) is 5.72. The van der Waals surface area contributed by atoms with E-state index in [4.69, 9.17) is 10.6 Å². The number of amides is 1. The van der Waals surface area contributed by atoms with Crippen LogP contribution in [-0.4, -0.2) is 35.4 Å². The number of aromatic nitrogens is 2. The fourth-order valence-electron chi connectivity index (χ4n) is 1.89. The Bertz CT molecular complexity index is 408. The minimum absolute atomic E-state index is 0.195. The van der Waals surface area contributed by atoms with E-state index in [0.717, 1.165) is 13.0 Å². The van der Waals surface area contributed by atoms with Crippen LogP contribution in [0.25, 0.3) is 0 Å². The molecule has 7 nitrogen and oxygen atoms in total. The first-order chi connectivity index (χ1) is 8.70. The SMILES string of the molecule is CC1OCCC1CNC(=O)c1ccc(NN)nn1. The second kappa shape index (κ2) is 5.74. The van der Waals surface area contributed by atoms with Crippen molar-refractivity contribution in [2.75, 3.05) is 18.6 Å². The molecular weight excluding hydrogens is 234 g/mol. The number of nitrogen functional groups attached to an aromatic ring is 1. The highest BCUT2D eigenvalue weighted by molar-refractivity contribution is 5.92. The van der Waals surface area contributed by atoms with Gasteiger partial charge in [0.05, 0.1) is 6.10 Å². The molecule has 1 saturated heterocycles. The lowest BCUT2D eigenvalue weighted by molar-refractivity contribution is 0.0902. The van der Waals surface area contributed by atoms with Crippen molar-refractivity contribution < 1.29 is 9.53 Å². The van der Waals surface area contributed by atoms with Crippen LogP contribution in [0.15, 0.2) is 12.1 Å². The average Bonchev–Trinajstić information content (AvgIpc) is 2.81. The predicted octanol–water partition coefficient (Wildman–Crippen LogP) is -0.0830. The van der Waals surface area contributed by atoms with Crippen LogP contribution >= 0.6 is 0 Å². The summed E-state index contributed by atoms with van der Waals surface area (Å²) in [4.78, 5) is 11.8. The maximum Gasteiger partial charge on any atom is 0.271 e. The van der Waals surface area contributed by atoms with E-state index >= 15 is 0 Å². The highest BCUT2D eigenvalue weighted by Gasteiger charge is 2.24. The second-order valence-electron chi connectivity index (χ2n) is 4.28. The smallest absolute Gasteiger partial charge is 0.271 e. The Kier molecular flexibility index (Phi) is 4.06. The number of hydrazine groups is 1. The maximum atomic E-state index is 11.8. The number of anilines is 1. The van der Waals surface area contributed by atoms with Gasteiger partial charge in [-0.2, -0.15) is 0 Å². The lowest BCUT2D eigenvalue weighted by Crippen LogP contribution is -2.32. The third kappa shape index (κ3) is 2.93. The molecule has 1 fully saturated rings. The minimum Gasteiger partial charge on any atom is -0.378 e. The minimum atomic E-state index is -0.231. The number of nitrogens with one attached hydrogen (secondary N) is 2. The molecule has 2 rings (SSSR count). The van der Waals surface area contributed by atoms with Crippen LogP contribution in [0.2, 0.25) is 0 Å². The van der Waals surface area contributed by atoms with Gasteiger partial charge in [-0.1, -0.05) is 0 Å². The van der Waals surface area contributed by atoms with Gasteiger partial charge in [0.2, 0.25) is 0 Å². The summed E-state index contributed by atoms with van der Waals surface area (Å²) in [6.07, 6.45) is 1.17. The zero-order chi connectivity index (χ0) is 13.0. The van der Waals surface area contributed by atoms with Crippen molar-refractivity contribution in [2.45, 2.75) is 19.4 Å². The molecule has 4 N–H and O–H groups in total.